The van der Waals surface area contributed by atoms with Crippen LogP contribution >= 0.6 is 11.6 Å². The van der Waals surface area contributed by atoms with Gasteiger partial charge in [-0.15, -0.1) is 0 Å². The Morgan fingerprint density at radius 1 is 1.44 bits per heavy atom. The number of aromatic nitrogens is 1. The Bertz CT molecular complexity index is 607. The Morgan fingerprint density at radius 2 is 2.28 bits per heavy atom. The lowest BCUT2D eigenvalue weighted by molar-refractivity contribution is -0.141. The average molecular weight is 266 g/mol. The molecule has 1 aromatic carbocycles. The Hall–Kier alpha value is -1.55. The van der Waals surface area contributed by atoms with Crippen molar-refractivity contribution in [3.63, 3.8) is 0 Å². The molecule has 1 saturated carbocycles. The van der Waals surface area contributed by atoms with Crippen molar-refractivity contribution in [3.8, 4) is 0 Å². The van der Waals surface area contributed by atoms with Crippen LogP contribution in [-0.2, 0) is 4.79 Å². The molecular formula is C13H12ClNO3. The molecule has 1 aliphatic rings. The second-order valence-electron chi connectivity index (χ2n) is 4.71. The zero-order valence-corrected chi connectivity index (χ0v) is 10.4. The lowest BCUT2D eigenvalue weighted by atomic mass is 10.1. The molecule has 1 aliphatic carbocycles. The fraction of sp³-hybridized carbons (Fsp3) is 0.385. The molecule has 1 heterocycles. The van der Waals surface area contributed by atoms with E-state index in [1.165, 1.54) is 0 Å². The monoisotopic (exact) mass is 265 g/mol. The van der Waals surface area contributed by atoms with E-state index in [1.54, 1.807) is 12.1 Å². The smallest absolute Gasteiger partial charge is 0.306 e. The normalized spacial score (nSPS) is 23.6. The van der Waals surface area contributed by atoms with E-state index in [9.17, 15) is 4.79 Å². The number of fused-ring (bicyclic) bond motifs is 1. The van der Waals surface area contributed by atoms with Gasteiger partial charge in [0, 0.05) is 17.0 Å². The Kier molecular flexibility index (Phi) is 2.74. The largest absolute Gasteiger partial charge is 0.481 e. The Morgan fingerprint density at radius 3 is 3.00 bits per heavy atom. The molecule has 2 aromatic rings. The van der Waals surface area contributed by atoms with Gasteiger partial charge in [0.25, 0.3) is 0 Å². The molecule has 3 rings (SSSR count). The third-order valence-electron chi connectivity index (χ3n) is 3.50. The molecule has 0 saturated heterocycles. The number of benzene rings is 1. The summed E-state index contributed by atoms with van der Waals surface area (Å²) in [5.74, 6) is -0.251. The highest BCUT2D eigenvalue weighted by atomic mass is 35.5. The number of aliphatic carboxylic acids is 1. The molecule has 2 atom stereocenters. The minimum Gasteiger partial charge on any atom is -0.481 e. The zero-order chi connectivity index (χ0) is 12.7. The minimum absolute atomic E-state index is 0.109. The van der Waals surface area contributed by atoms with Crippen LogP contribution in [0.3, 0.4) is 0 Å². The van der Waals surface area contributed by atoms with Gasteiger partial charge in [0.15, 0.2) is 11.5 Å². The lowest BCUT2D eigenvalue weighted by Crippen LogP contribution is -2.09. The Labute approximate surface area is 109 Å². The molecule has 0 spiro atoms. The topological polar surface area (TPSA) is 63.3 Å². The van der Waals surface area contributed by atoms with E-state index in [1.807, 2.05) is 6.07 Å². The van der Waals surface area contributed by atoms with Crippen LogP contribution in [-0.4, -0.2) is 16.1 Å². The van der Waals surface area contributed by atoms with Crippen molar-refractivity contribution in [2.24, 2.45) is 5.92 Å². The van der Waals surface area contributed by atoms with Crippen molar-refractivity contribution in [2.45, 2.75) is 25.2 Å². The van der Waals surface area contributed by atoms with Crippen LogP contribution in [0.5, 0.6) is 0 Å². The number of carboxylic acid groups (broad SMARTS) is 1. The van der Waals surface area contributed by atoms with Crippen LogP contribution in [0.15, 0.2) is 22.6 Å². The van der Waals surface area contributed by atoms with Crippen LogP contribution in [0.1, 0.15) is 31.1 Å². The molecule has 0 radical (unpaired) electrons. The van der Waals surface area contributed by atoms with Crippen LogP contribution in [0.2, 0.25) is 5.02 Å². The molecule has 5 heteroatoms. The second-order valence-corrected chi connectivity index (χ2v) is 5.15. The van der Waals surface area contributed by atoms with E-state index in [4.69, 9.17) is 21.1 Å². The summed E-state index contributed by atoms with van der Waals surface area (Å²) in [4.78, 5) is 15.3. The number of hydrogen-bond acceptors (Lipinski definition) is 3. The van der Waals surface area contributed by atoms with Gasteiger partial charge in [0.2, 0.25) is 0 Å². The van der Waals surface area contributed by atoms with Gasteiger partial charge < -0.3 is 9.52 Å². The molecular weight excluding hydrogens is 254 g/mol. The third kappa shape index (κ3) is 1.97. The molecule has 1 fully saturated rings. The quantitative estimate of drug-likeness (QED) is 0.903. The van der Waals surface area contributed by atoms with Gasteiger partial charge in [-0.25, -0.2) is 4.98 Å². The Balaban J connectivity index is 1.89. The number of oxazole rings is 1. The van der Waals surface area contributed by atoms with Crippen molar-refractivity contribution in [1.82, 2.24) is 4.98 Å². The van der Waals surface area contributed by atoms with Crippen LogP contribution in [0.25, 0.3) is 11.1 Å². The van der Waals surface area contributed by atoms with Gasteiger partial charge in [-0.3, -0.25) is 4.79 Å². The van der Waals surface area contributed by atoms with Crippen molar-refractivity contribution in [2.75, 3.05) is 0 Å². The molecule has 4 nitrogen and oxygen atoms in total. The van der Waals surface area contributed by atoms with Gasteiger partial charge in [0.1, 0.15) is 5.52 Å². The first-order chi connectivity index (χ1) is 8.63. The van der Waals surface area contributed by atoms with Gasteiger partial charge in [-0.05, 0) is 31.4 Å². The average Bonchev–Trinajstić information content (AvgIpc) is 2.93. The summed E-state index contributed by atoms with van der Waals surface area (Å²) in [7, 11) is 0. The first-order valence-corrected chi connectivity index (χ1v) is 6.30. The van der Waals surface area contributed by atoms with E-state index in [2.05, 4.69) is 4.98 Å². The van der Waals surface area contributed by atoms with E-state index >= 15 is 0 Å². The first kappa shape index (κ1) is 11.5. The second kappa shape index (κ2) is 4.28. The highest BCUT2D eigenvalue weighted by Crippen LogP contribution is 2.39. The van der Waals surface area contributed by atoms with E-state index in [0.29, 0.717) is 29.3 Å². The maximum atomic E-state index is 10.9. The molecule has 1 N–H and O–H groups in total. The van der Waals surface area contributed by atoms with Crippen molar-refractivity contribution >= 4 is 28.7 Å². The van der Waals surface area contributed by atoms with Gasteiger partial charge >= 0.3 is 5.97 Å². The number of halogens is 1. The summed E-state index contributed by atoms with van der Waals surface area (Å²) < 4.78 is 5.67. The standard InChI is InChI=1S/C13H12ClNO3/c14-9-3-4-10-11(6-9)18-12(15-10)7-1-2-8(5-7)13(16)17/h3-4,6-8H,1-2,5H2,(H,16,17). The molecule has 18 heavy (non-hydrogen) atoms. The summed E-state index contributed by atoms with van der Waals surface area (Å²) >= 11 is 5.89. The maximum absolute atomic E-state index is 10.9. The zero-order valence-electron chi connectivity index (χ0n) is 9.60. The summed E-state index contributed by atoms with van der Waals surface area (Å²) in [6, 6.07) is 5.32. The summed E-state index contributed by atoms with van der Waals surface area (Å²) in [6.45, 7) is 0. The predicted molar refractivity (Wildman–Crippen MR) is 66.7 cm³/mol. The maximum Gasteiger partial charge on any atom is 0.306 e. The van der Waals surface area contributed by atoms with Gasteiger partial charge in [0.05, 0.1) is 5.92 Å². The van der Waals surface area contributed by atoms with Crippen molar-refractivity contribution in [3.05, 3.63) is 29.1 Å². The molecule has 0 aliphatic heterocycles. The minimum atomic E-state index is -0.725. The fourth-order valence-corrected chi connectivity index (χ4v) is 2.68. The number of carboxylic acids is 1. The van der Waals surface area contributed by atoms with Gasteiger partial charge in [-0.1, -0.05) is 11.6 Å². The van der Waals surface area contributed by atoms with Crippen molar-refractivity contribution < 1.29 is 14.3 Å². The van der Waals surface area contributed by atoms with E-state index < -0.39 is 5.97 Å². The fourth-order valence-electron chi connectivity index (χ4n) is 2.52. The number of carbonyl (C=O) groups is 1. The molecule has 94 valence electrons. The summed E-state index contributed by atoms with van der Waals surface area (Å²) in [6.07, 6.45) is 2.12. The number of hydrogen-bond donors (Lipinski definition) is 1. The molecule has 0 amide bonds. The van der Waals surface area contributed by atoms with E-state index in [0.717, 1.165) is 11.9 Å². The van der Waals surface area contributed by atoms with Gasteiger partial charge in [-0.2, -0.15) is 0 Å². The highest BCUT2D eigenvalue weighted by molar-refractivity contribution is 6.31. The van der Waals surface area contributed by atoms with Crippen LogP contribution < -0.4 is 0 Å². The van der Waals surface area contributed by atoms with Crippen LogP contribution in [0, 0.1) is 5.92 Å². The van der Waals surface area contributed by atoms with E-state index in [-0.39, 0.29) is 11.8 Å². The highest BCUT2D eigenvalue weighted by Gasteiger charge is 2.33. The lowest BCUT2D eigenvalue weighted by Gasteiger charge is -2.03. The number of rotatable bonds is 2. The third-order valence-corrected chi connectivity index (χ3v) is 3.73. The summed E-state index contributed by atoms with van der Waals surface area (Å²) in [5.41, 5.74) is 1.43. The van der Waals surface area contributed by atoms with Crippen molar-refractivity contribution in [1.29, 1.82) is 0 Å². The molecule has 2 unspecified atom stereocenters. The van der Waals surface area contributed by atoms with Crippen LogP contribution in [0.4, 0.5) is 0 Å². The molecule has 1 aromatic heterocycles. The predicted octanol–water partition coefficient (Wildman–Crippen LogP) is 3.45. The molecule has 0 bridgehead atoms. The number of nitrogens with zero attached hydrogens (tertiary/aromatic N) is 1. The first-order valence-electron chi connectivity index (χ1n) is 5.92. The summed E-state index contributed by atoms with van der Waals surface area (Å²) in [5, 5.41) is 9.60. The SMILES string of the molecule is O=C(O)C1CCC(c2nc3ccc(Cl)cc3o2)C1.